The minimum atomic E-state index is -0.668. The number of halogens is 1. The smallest absolute Gasteiger partial charge is 0.254 e. The number of nitrogens with zero attached hydrogens (tertiary/aromatic N) is 3. The van der Waals surface area contributed by atoms with Crippen molar-refractivity contribution < 1.29 is 9.18 Å². The minimum Gasteiger partial charge on any atom is -0.383 e. The highest BCUT2D eigenvalue weighted by Crippen LogP contribution is 2.15. The zero-order valence-electron chi connectivity index (χ0n) is 8.09. The lowest BCUT2D eigenvalue weighted by Crippen LogP contribution is -2.13. The molecule has 0 atom stereocenters. The van der Waals surface area contributed by atoms with Crippen LogP contribution in [-0.4, -0.2) is 20.7 Å². The van der Waals surface area contributed by atoms with Gasteiger partial charge in [0, 0.05) is 0 Å². The fourth-order valence-electron chi connectivity index (χ4n) is 1.25. The molecule has 6 nitrogen and oxygen atoms in total. The van der Waals surface area contributed by atoms with Gasteiger partial charge in [-0.05, 0) is 12.1 Å². The highest BCUT2D eigenvalue weighted by molar-refractivity contribution is 5.97. The summed E-state index contributed by atoms with van der Waals surface area (Å²) in [6.45, 7) is 0. The molecule has 0 aliphatic heterocycles. The lowest BCUT2D eigenvalue weighted by Gasteiger charge is -2.03. The summed E-state index contributed by atoms with van der Waals surface area (Å²) in [5.74, 6) is -1.18. The first kappa shape index (κ1) is 10.1. The van der Waals surface area contributed by atoms with Crippen molar-refractivity contribution in [2.75, 3.05) is 5.73 Å². The molecular formula is C9H8FN5O. The molecular weight excluding hydrogens is 213 g/mol. The minimum absolute atomic E-state index is 0.0981. The molecule has 7 heteroatoms. The number of aromatic nitrogens is 3. The molecule has 4 N–H and O–H groups in total. The van der Waals surface area contributed by atoms with Crippen LogP contribution in [-0.2, 0) is 0 Å². The number of carbonyl (C=O) groups excluding carboxylic acids is 1. The first-order chi connectivity index (χ1) is 7.59. The van der Waals surface area contributed by atoms with Gasteiger partial charge in [0.25, 0.3) is 5.91 Å². The Kier molecular flexibility index (Phi) is 2.28. The summed E-state index contributed by atoms with van der Waals surface area (Å²) in [4.78, 5) is 14.4. The molecule has 16 heavy (non-hydrogen) atoms. The van der Waals surface area contributed by atoms with Gasteiger partial charge < -0.3 is 11.5 Å². The number of primary amides is 1. The maximum Gasteiger partial charge on any atom is 0.254 e. The van der Waals surface area contributed by atoms with E-state index in [1.807, 2.05) is 0 Å². The number of rotatable bonds is 2. The second-order valence-corrected chi connectivity index (χ2v) is 3.06. The van der Waals surface area contributed by atoms with Gasteiger partial charge in [-0.3, -0.25) is 4.79 Å². The van der Waals surface area contributed by atoms with E-state index in [-0.39, 0.29) is 11.4 Å². The van der Waals surface area contributed by atoms with Crippen LogP contribution in [0.3, 0.4) is 0 Å². The van der Waals surface area contributed by atoms with E-state index < -0.39 is 11.9 Å². The van der Waals surface area contributed by atoms with Gasteiger partial charge in [-0.2, -0.15) is 9.49 Å². The van der Waals surface area contributed by atoms with Gasteiger partial charge in [-0.1, -0.05) is 0 Å². The standard InChI is InChI=1S/C9H8FN5O/c10-7-2-1-5(3-13-7)15-8(11)6(4-14-15)9(12)16/h1-4H,11H2,(H2,12,16). The van der Waals surface area contributed by atoms with Crippen molar-refractivity contribution in [2.45, 2.75) is 0 Å². The topological polar surface area (TPSA) is 99.8 Å². The van der Waals surface area contributed by atoms with E-state index in [9.17, 15) is 9.18 Å². The Morgan fingerprint density at radius 3 is 2.62 bits per heavy atom. The quantitative estimate of drug-likeness (QED) is 0.701. The van der Waals surface area contributed by atoms with E-state index in [1.165, 1.54) is 29.2 Å². The molecule has 0 bridgehead atoms. The van der Waals surface area contributed by atoms with Gasteiger partial charge in [0.1, 0.15) is 11.4 Å². The summed E-state index contributed by atoms with van der Waals surface area (Å²) >= 11 is 0. The molecule has 82 valence electrons. The van der Waals surface area contributed by atoms with E-state index in [0.717, 1.165) is 0 Å². The summed E-state index contributed by atoms with van der Waals surface area (Å²) in [5.41, 5.74) is 11.3. The van der Waals surface area contributed by atoms with E-state index in [1.54, 1.807) is 0 Å². The molecule has 0 fully saturated rings. The average Bonchev–Trinajstić information content (AvgIpc) is 2.61. The molecule has 0 unspecified atom stereocenters. The average molecular weight is 221 g/mol. The monoisotopic (exact) mass is 221 g/mol. The second kappa shape index (κ2) is 3.61. The Morgan fingerprint density at radius 2 is 2.12 bits per heavy atom. The molecule has 2 aromatic rings. The number of anilines is 1. The third-order valence-corrected chi connectivity index (χ3v) is 2.03. The zero-order chi connectivity index (χ0) is 11.7. The number of nitrogen functional groups attached to an aromatic ring is 1. The van der Waals surface area contributed by atoms with Gasteiger partial charge >= 0.3 is 0 Å². The summed E-state index contributed by atoms with van der Waals surface area (Å²) in [5, 5.41) is 3.87. The van der Waals surface area contributed by atoms with Crippen molar-refractivity contribution in [1.29, 1.82) is 0 Å². The van der Waals surface area contributed by atoms with Crippen LogP contribution < -0.4 is 11.5 Å². The molecule has 1 amide bonds. The van der Waals surface area contributed by atoms with Crippen LogP contribution in [0, 0.1) is 5.95 Å². The SMILES string of the molecule is NC(=O)c1cnn(-c2ccc(F)nc2)c1N. The maximum atomic E-state index is 12.6. The van der Waals surface area contributed by atoms with Gasteiger partial charge in [0.05, 0.1) is 18.1 Å². The molecule has 2 aromatic heterocycles. The fraction of sp³-hybridized carbons (Fsp3) is 0. The first-order valence-corrected chi connectivity index (χ1v) is 4.35. The Labute approximate surface area is 89.7 Å². The summed E-state index contributed by atoms with van der Waals surface area (Å²) in [7, 11) is 0. The molecule has 0 aliphatic rings. The third kappa shape index (κ3) is 1.58. The van der Waals surface area contributed by atoms with E-state index in [0.29, 0.717) is 5.69 Å². The predicted molar refractivity (Wildman–Crippen MR) is 54.2 cm³/mol. The van der Waals surface area contributed by atoms with Crippen molar-refractivity contribution >= 4 is 11.7 Å². The van der Waals surface area contributed by atoms with Crippen LogP contribution >= 0.6 is 0 Å². The van der Waals surface area contributed by atoms with Gasteiger partial charge in [-0.25, -0.2) is 9.67 Å². The second-order valence-electron chi connectivity index (χ2n) is 3.06. The number of nitrogens with two attached hydrogens (primary N) is 2. The van der Waals surface area contributed by atoms with Crippen molar-refractivity contribution in [2.24, 2.45) is 5.73 Å². The normalized spacial score (nSPS) is 10.3. The fourth-order valence-corrected chi connectivity index (χ4v) is 1.25. The highest BCUT2D eigenvalue weighted by atomic mass is 19.1. The van der Waals surface area contributed by atoms with Crippen LogP contribution in [0.4, 0.5) is 10.2 Å². The number of hydrogen-bond donors (Lipinski definition) is 2. The summed E-state index contributed by atoms with van der Waals surface area (Å²) < 4.78 is 13.8. The Balaban J connectivity index is 2.49. The van der Waals surface area contributed by atoms with E-state index in [4.69, 9.17) is 11.5 Å². The van der Waals surface area contributed by atoms with Crippen molar-refractivity contribution in [1.82, 2.24) is 14.8 Å². The molecule has 0 radical (unpaired) electrons. The Bertz CT molecular complexity index is 533. The first-order valence-electron chi connectivity index (χ1n) is 4.35. The molecule has 2 heterocycles. The molecule has 0 aromatic carbocycles. The van der Waals surface area contributed by atoms with Crippen LogP contribution in [0.25, 0.3) is 5.69 Å². The zero-order valence-corrected chi connectivity index (χ0v) is 8.09. The van der Waals surface area contributed by atoms with Crippen LogP contribution in [0.15, 0.2) is 24.5 Å². The van der Waals surface area contributed by atoms with Gasteiger partial charge in [-0.15, -0.1) is 0 Å². The molecule has 0 saturated carbocycles. The lowest BCUT2D eigenvalue weighted by molar-refractivity contribution is 0.100. The maximum absolute atomic E-state index is 12.6. The summed E-state index contributed by atoms with van der Waals surface area (Å²) in [6, 6.07) is 2.61. The van der Waals surface area contributed by atoms with Gasteiger partial charge in [0.15, 0.2) is 0 Å². The molecule has 2 rings (SSSR count). The molecule has 0 saturated heterocycles. The number of hydrogen-bond acceptors (Lipinski definition) is 4. The largest absolute Gasteiger partial charge is 0.383 e. The van der Waals surface area contributed by atoms with Crippen molar-refractivity contribution in [3.05, 3.63) is 36.0 Å². The highest BCUT2D eigenvalue weighted by Gasteiger charge is 2.13. The van der Waals surface area contributed by atoms with Crippen LogP contribution in [0.2, 0.25) is 0 Å². The van der Waals surface area contributed by atoms with Crippen molar-refractivity contribution in [3.8, 4) is 5.69 Å². The molecule has 0 spiro atoms. The van der Waals surface area contributed by atoms with Crippen LogP contribution in [0.5, 0.6) is 0 Å². The molecule has 0 aliphatic carbocycles. The Hall–Kier alpha value is -2.44. The van der Waals surface area contributed by atoms with E-state index in [2.05, 4.69) is 10.1 Å². The lowest BCUT2D eigenvalue weighted by atomic mass is 10.3. The van der Waals surface area contributed by atoms with Crippen LogP contribution in [0.1, 0.15) is 10.4 Å². The predicted octanol–water partition coefficient (Wildman–Crippen LogP) is 0.0875. The van der Waals surface area contributed by atoms with Gasteiger partial charge in [0.2, 0.25) is 5.95 Å². The number of amides is 1. The summed E-state index contributed by atoms with van der Waals surface area (Å²) in [6.07, 6.45) is 2.50. The number of pyridine rings is 1. The Morgan fingerprint density at radius 1 is 1.38 bits per heavy atom. The third-order valence-electron chi connectivity index (χ3n) is 2.03. The van der Waals surface area contributed by atoms with E-state index >= 15 is 0 Å². The number of carbonyl (C=O) groups is 1. The van der Waals surface area contributed by atoms with Crippen molar-refractivity contribution in [3.63, 3.8) is 0 Å².